The van der Waals surface area contributed by atoms with Crippen LogP contribution in [-0.2, 0) is 0 Å². The van der Waals surface area contributed by atoms with Crippen molar-refractivity contribution in [2.75, 3.05) is 13.1 Å². The molecule has 2 nitrogen and oxygen atoms in total. The minimum atomic E-state index is 0.857. The maximum absolute atomic E-state index is 5.64. The topological polar surface area (TPSA) is 29.3 Å². The van der Waals surface area contributed by atoms with Gasteiger partial charge >= 0.3 is 0 Å². The summed E-state index contributed by atoms with van der Waals surface area (Å²) < 4.78 is 0. The Bertz CT molecular complexity index is 165. The van der Waals surface area contributed by atoms with Crippen LogP contribution >= 0.6 is 0 Å². The quantitative estimate of drug-likeness (QED) is 0.715. The molecule has 2 heteroatoms. The van der Waals surface area contributed by atoms with Crippen molar-refractivity contribution < 1.29 is 0 Å². The summed E-state index contributed by atoms with van der Waals surface area (Å²) in [6.07, 6.45) is 6.85. The molecule has 1 aliphatic heterocycles. The molecule has 0 aromatic heterocycles. The fourth-order valence-electron chi connectivity index (χ4n) is 2.92. The summed E-state index contributed by atoms with van der Waals surface area (Å²) in [5.74, 6) is 0.899. The second-order valence-corrected chi connectivity index (χ2v) is 4.57. The van der Waals surface area contributed by atoms with Gasteiger partial charge in [-0.25, -0.2) is 0 Å². The maximum atomic E-state index is 5.64. The molecule has 1 saturated heterocycles. The third-order valence-electron chi connectivity index (χ3n) is 3.70. The van der Waals surface area contributed by atoms with E-state index in [1.54, 1.807) is 0 Å². The summed E-state index contributed by atoms with van der Waals surface area (Å²) >= 11 is 0. The molecule has 13 heavy (non-hydrogen) atoms. The summed E-state index contributed by atoms with van der Waals surface area (Å²) in [5, 5.41) is 0. The van der Waals surface area contributed by atoms with Gasteiger partial charge in [-0.15, -0.1) is 0 Å². The van der Waals surface area contributed by atoms with Crippen molar-refractivity contribution in [3.8, 4) is 0 Å². The van der Waals surface area contributed by atoms with E-state index in [1.165, 1.54) is 38.6 Å². The number of nitrogens with zero attached hydrogens (tertiary/aromatic N) is 1. The molecule has 76 valence electrons. The molecule has 2 aliphatic rings. The van der Waals surface area contributed by atoms with Crippen LogP contribution in [0.3, 0.4) is 0 Å². The molecule has 2 N–H and O–H groups in total. The van der Waals surface area contributed by atoms with E-state index in [-0.39, 0.29) is 0 Å². The molecule has 0 amide bonds. The molecule has 1 saturated carbocycles. The second-order valence-electron chi connectivity index (χ2n) is 4.57. The molecule has 0 spiro atoms. The first-order valence-electron chi connectivity index (χ1n) is 5.82. The predicted octanol–water partition coefficient (Wildman–Crippen LogP) is 1.60. The van der Waals surface area contributed by atoms with E-state index in [9.17, 15) is 0 Å². The minimum Gasteiger partial charge on any atom is -0.330 e. The van der Waals surface area contributed by atoms with Crippen LogP contribution < -0.4 is 5.73 Å². The maximum Gasteiger partial charge on any atom is 0.0125 e. The van der Waals surface area contributed by atoms with Gasteiger partial charge in [0.15, 0.2) is 0 Å². The van der Waals surface area contributed by atoms with Crippen molar-refractivity contribution in [2.45, 2.75) is 51.1 Å². The first-order valence-corrected chi connectivity index (χ1v) is 5.82. The van der Waals surface area contributed by atoms with Gasteiger partial charge in [0.25, 0.3) is 0 Å². The van der Waals surface area contributed by atoms with Crippen LogP contribution in [0.5, 0.6) is 0 Å². The molecule has 2 fully saturated rings. The van der Waals surface area contributed by atoms with Gasteiger partial charge in [0.2, 0.25) is 0 Å². The average molecular weight is 182 g/mol. The van der Waals surface area contributed by atoms with Gasteiger partial charge < -0.3 is 5.73 Å². The standard InChI is InChI=1S/C11H22N2/c1-2-11-9(5-7-12)6-8-13(11)10-3-4-10/h9-11H,2-8,12H2,1H3. The molecule has 1 heterocycles. The lowest BCUT2D eigenvalue weighted by Crippen LogP contribution is -2.34. The SMILES string of the molecule is CCC1C(CCN)CCN1C1CC1. The van der Waals surface area contributed by atoms with Gasteiger partial charge in [0.1, 0.15) is 0 Å². The van der Waals surface area contributed by atoms with Gasteiger partial charge in [0.05, 0.1) is 0 Å². The van der Waals surface area contributed by atoms with Crippen molar-refractivity contribution in [1.29, 1.82) is 0 Å². The Kier molecular flexibility index (Phi) is 2.89. The minimum absolute atomic E-state index is 0.857. The smallest absolute Gasteiger partial charge is 0.0125 e. The Morgan fingerprint density at radius 1 is 1.31 bits per heavy atom. The van der Waals surface area contributed by atoms with Crippen molar-refractivity contribution in [1.82, 2.24) is 4.90 Å². The Morgan fingerprint density at radius 3 is 2.62 bits per heavy atom. The molecule has 2 rings (SSSR count). The van der Waals surface area contributed by atoms with E-state index in [1.807, 2.05) is 0 Å². The summed E-state index contributed by atoms with van der Waals surface area (Å²) in [6, 6.07) is 1.81. The van der Waals surface area contributed by atoms with Crippen molar-refractivity contribution in [3.63, 3.8) is 0 Å². The van der Waals surface area contributed by atoms with Crippen LogP contribution in [0.2, 0.25) is 0 Å². The Hall–Kier alpha value is -0.0800. The molecule has 0 aromatic rings. The summed E-state index contributed by atoms with van der Waals surface area (Å²) in [7, 11) is 0. The van der Waals surface area contributed by atoms with Crippen LogP contribution in [-0.4, -0.2) is 30.1 Å². The Labute approximate surface area is 81.5 Å². The monoisotopic (exact) mass is 182 g/mol. The second kappa shape index (κ2) is 3.97. The number of likely N-dealkylation sites (tertiary alicyclic amines) is 1. The van der Waals surface area contributed by atoms with Gasteiger partial charge in [-0.2, -0.15) is 0 Å². The summed E-state index contributed by atoms with van der Waals surface area (Å²) in [5.41, 5.74) is 5.64. The van der Waals surface area contributed by atoms with Gasteiger partial charge in [-0.1, -0.05) is 6.92 Å². The molecular formula is C11H22N2. The molecule has 0 aromatic carbocycles. The van der Waals surface area contributed by atoms with E-state index < -0.39 is 0 Å². The zero-order valence-corrected chi connectivity index (χ0v) is 8.71. The molecule has 2 atom stereocenters. The summed E-state index contributed by atoms with van der Waals surface area (Å²) in [4.78, 5) is 2.75. The molecule has 0 bridgehead atoms. The first kappa shape index (κ1) is 9.47. The van der Waals surface area contributed by atoms with Crippen molar-refractivity contribution in [2.24, 2.45) is 11.7 Å². The van der Waals surface area contributed by atoms with E-state index >= 15 is 0 Å². The highest BCUT2D eigenvalue weighted by molar-refractivity contribution is 4.95. The lowest BCUT2D eigenvalue weighted by Gasteiger charge is -2.26. The van der Waals surface area contributed by atoms with Crippen LogP contribution in [0, 0.1) is 5.92 Å². The van der Waals surface area contributed by atoms with Gasteiger partial charge in [-0.3, -0.25) is 4.90 Å². The highest BCUT2D eigenvalue weighted by atomic mass is 15.2. The highest BCUT2D eigenvalue weighted by Gasteiger charge is 2.40. The lowest BCUT2D eigenvalue weighted by molar-refractivity contribution is 0.207. The third-order valence-corrected chi connectivity index (χ3v) is 3.70. The van der Waals surface area contributed by atoms with E-state index in [4.69, 9.17) is 5.73 Å². The zero-order valence-electron chi connectivity index (χ0n) is 8.71. The van der Waals surface area contributed by atoms with Gasteiger partial charge in [0, 0.05) is 12.1 Å². The van der Waals surface area contributed by atoms with Crippen LogP contribution in [0.4, 0.5) is 0 Å². The van der Waals surface area contributed by atoms with Crippen molar-refractivity contribution >= 4 is 0 Å². The van der Waals surface area contributed by atoms with Crippen LogP contribution in [0.15, 0.2) is 0 Å². The zero-order chi connectivity index (χ0) is 9.26. The number of hydrogen-bond donors (Lipinski definition) is 1. The Balaban J connectivity index is 1.92. The van der Waals surface area contributed by atoms with E-state index in [2.05, 4.69) is 11.8 Å². The van der Waals surface area contributed by atoms with Crippen LogP contribution in [0.25, 0.3) is 0 Å². The number of rotatable bonds is 4. The van der Waals surface area contributed by atoms with E-state index in [0.717, 1.165) is 24.5 Å². The van der Waals surface area contributed by atoms with Crippen molar-refractivity contribution in [3.05, 3.63) is 0 Å². The van der Waals surface area contributed by atoms with Crippen LogP contribution in [0.1, 0.15) is 39.0 Å². The lowest BCUT2D eigenvalue weighted by atomic mass is 9.95. The van der Waals surface area contributed by atoms with E-state index in [0.29, 0.717) is 0 Å². The highest BCUT2D eigenvalue weighted by Crippen LogP contribution is 2.38. The molecule has 0 radical (unpaired) electrons. The molecular weight excluding hydrogens is 160 g/mol. The first-order chi connectivity index (χ1) is 6.36. The summed E-state index contributed by atoms with van der Waals surface area (Å²) in [6.45, 7) is 4.54. The molecule has 2 unspecified atom stereocenters. The normalized spacial score (nSPS) is 35.5. The predicted molar refractivity (Wildman–Crippen MR) is 55.6 cm³/mol. The number of nitrogens with two attached hydrogens (primary N) is 1. The largest absolute Gasteiger partial charge is 0.330 e. The fourth-order valence-corrected chi connectivity index (χ4v) is 2.92. The fraction of sp³-hybridized carbons (Fsp3) is 1.00. The Morgan fingerprint density at radius 2 is 2.08 bits per heavy atom. The van der Waals surface area contributed by atoms with Gasteiger partial charge in [-0.05, 0) is 51.1 Å². The average Bonchev–Trinajstić information content (AvgIpc) is 2.89. The third kappa shape index (κ3) is 1.89. The number of hydrogen-bond acceptors (Lipinski definition) is 2. The molecule has 1 aliphatic carbocycles.